The average molecular weight is 311 g/mol. The largest absolute Gasteiger partial charge is 0.479 e. The monoisotopic (exact) mass is 311 g/mol. The molecule has 0 saturated heterocycles. The van der Waals surface area contributed by atoms with Crippen molar-refractivity contribution in [1.82, 2.24) is 14.5 Å². The number of carboxylic acid groups (broad SMARTS) is 1. The molecule has 124 valence electrons. The standard InChI is InChI=1S/C15H25N3O4/c1-7-17(14(21)22-15(4,5)6)12(13(19)20)11-8-16-9-18(11)10(2)3/h8-10,12H,7H2,1-6H3,(H,19,20). The summed E-state index contributed by atoms with van der Waals surface area (Å²) in [6, 6.07) is -1.10. The number of aliphatic carboxylic acids is 1. The number of carboxylic acids is 1. The topological polar surface area (TPSA) is 84.7 Å². The van der Waals surface area contributed by atoms with Crippen molar-refractivity contribution in [1.29, 1.82) is 0 Å². The number of likely N-dealkylation sites (N-methyl/N-ethyl adjacent to an activating group) is 1. The van der Waals surface area contributed by atoms with Crippen LogP contribution in [0.15, 0.2) is 12.5 Å². The van der Waals surface area contributed by atoms with Gasteiger partial charge in [0.15, 0.2) is 6.04 Å². The van der Waals surface area contributed by atoms with Gasteiger partial charge in [0.25, 0.3) is 0 Å². The first kappa shape index (κ1) is 18.0. The Kier molecular flexibility index (Phi) is 5.57. The summed E-state index contributed by atoms with van der Waals surface area (Å²) in [5.41, 5.74) is -0.235. The number of carbonyl (C=O) groups excluding carboxylic acids is 1. The summed E-state index contributed by atoms with van der Waals surface area (Å²) in [7, 11) is 0. The van der Waals surface area contributed by atoms with Crippen LogP contribution in [0.3, 0.4) is 0 Å². The fraction of sp³-hybridized carbons (Fsp3) is 0.667. The minimum atomic E-state index is -1.13. The van der Waals surface area contributed by atoms with Gasteiger partial charge in [0, 0.05) is 12.6 Å². The van der Waals surface area contributed by atoms with Gasteiger partial charge in [0.1, 0.15) is 5.60 Å². The van der Waals surface area contributed by atoms with Crippen LogP contribution in [0.4, 0.5) is 4.79 Å². The van der Waals surface area contributed by atoms with E-state index in [0.29, 0.717) is 5.69 Å². The first-order valence-electron chi connectivity index (χ1n) is 7.32. The molecule has 1 heterocycles. The van der Waals surface area contributed by atoms with Crippen molar-refractivity contribution >= 4 is 12.1 Å². The van der Waals surface area contributed by atoms with Gasteiger partial charge in [0.2, 0.25) is 0 Å². The summed E-state index contributed by atoms with van der Waals surface area (Å²) >= 11 is 0. The summed E-state index contributed by atoms with van der Waals surface area (Å²) in [6.45, 7) is 11.0. The fourth-order valence-electron chi connectivity index (χ4n) is 2.12. The van der Waals surface area contributed by atoms with Crippen molar-refractivity contribution in [3.05, 3.63) is 18.2 Å². The van der Waals surface area contributed by atoms with Crippen LogP contribution < -0.4 is 0 Å². The Bertz CT molecular complexity index is 531. The SMILES string of the molecule is CCN(C(=O)OC(C)(C)C)C(C(=O)O)c1cncn1C(C)C. The molecule has 0 radical (unpaired) electrons. The Hall–Kier alpha value is -2.05. The molecule has 0 aliphatic rings. The van der Waals surface area contributed by atoms with Gasteiger partial charge in [-0.05, 0) is 41.5 Å². The molecule has 0 aromatic carbocycles. The maximum atomic E-state index is 12.3. The predicted molar refractivity (Wildman–Crippen MR) is 81.6 cm³/mol. The highest BCUT2D eigenvalue weighted by atomic mass is 16.6. The summed E-state index contributed by atoms with van der Waals surface area (Å²) < 4.78 is 7.06. The van der Waals surface area contributed by atoms with Crippen LogP contribution in [0.1, 0.15) is 59.3 Å². The van der Waals surface area contributed by atoms with Crippen LogP contribution in [0, 0.1) is 0 Å². The third-order valence-corrected chi connectivity index (χ3v) is 3.05. The summed E-state index contributed by atoms with van der Waals surface area (Å²) in [5, 5.41) is 9.61. The molecule has 7 nitrogen and oxygen atoms in total. The Labute approximate surface area is 130 Å². The molecule has 1 rings (SSSR count). The molecular formula is C15H25N3O4. The first-order valence-corrected chi connectivity index (χ1v) is 7.32. The lowest BCUT2D eigenvalue weighted by Crippen LogP contribution is -2.42. The lowest BCUT2D eigenvalue weighted by molar-refractivity contribution is -0.143. The molecule has 7 heteroatoms. The molecule has 0 bridgehead atoms. The van der Waals surface area contributed by atoms with Crippen molar-refractivity contribution < 1.29 is 19.4 Å². The molecule has 0 aliphatic heterocycles. The molecule has 1 aromatic rings. The molecule has 1 unspecified atom stereocenters. The van der Waals surface area contributed by atoms with Gasteiger partial charge in [0.05, 0.1) is 18.2 Å². The first-order chi connectivity index (χ1) is 10.1. The lowest BCUT2D eigenvalue weighted by Gasteiger charge is -2.31. The molecule has 0 aliphatic carbocycles. The summed E-state index contributed by atoms with van der Waals surface area (Å²) in [5.74, 6) is -1.12. The average Bonchev–Trinajstić information content (AvgIpc) is 2.81. The van der Waals surface area contributed by atoms with Gasteiger partial charge >= 0.3 is 12.1 Å². The maximum Gasteiger partial charge on any atom is 0.411 e. The van der Waals surface area contributed by atoms with E-state index in [1.54, 1.807) is 38.6 Å². The second kappa shape index (κ2) is 6.81. The van der Waals surface area contributed by atoms with Crippen molar-refractivity contribution in [2.45, 2.75) is 59.2 Å². The van der Waals surface area contributed by atoms with E-state index in [0.717, 1.165) is 0 Å². The number of nitrogens with zero attached hydrogens (tertiary/aromatic N) is 3. The van der Waals surface area contributed by atoms with E-state index in [4.69, 9.17) is 4.74 Å². The van der Waals surface area contributed by atoms with Crippen LogP contribution in [-0.4, -0.2) is 43.8 Å². The van der Waals surface area contributed by atoms with Gasteiger partial charge in [-0.3, -0.25) is 4.90 Å². The van der Waals surface area contributed by atoms with E-state index in [1.165, 1.54) is 11.1 Å². The molecule has 0 saturated carbocycles. The number of rotatable bonds is 5. The van der Waals surface area contributed by atoms with Gasteiger partial charge < -0.3 is 14.4 Å². The van der Waals surface area contributed by atoms with Gasteiger partial charge in [-0.15, -0.1) is 0 Å². The molecular weight excluding hydrogens is 286 g/mol. The molecule has 1 aromatic heterocycles. The second-order valence-electron chi connectivity index (χ2n) is 6.33. The van der Waals surface area contributed by atoms with Crippen LogP contribution in [-0.2, 0) is 9.53 Å². The zero-order valence-electron chi connectivity index (χ0n) is 14.0. The molecule has 1 atom stereocenters. The fourth-order valence-corrected chi connectivity index (χ4v) is 2.12. The smallest absolute Gasteiger partial charge is 0.411 e. The summed E-state index contributed by atoms with van der Waals surface area (Å²) in [4.78, 5) is 29.3. The Morgan fingerprint density at radius 1 is 1.41 bits per heavy atom. The highest BCUT2D eigenvalue weighted by Crippen LogP contribution is 2.25. The Balaban J connectivity index is 3.20. The van der Waals surface area contributed by atoms with Crippen LogP contribution in [0.2, 0.25) is 0 Å². The molecule has 0 spiro atoms. The third-order valence-electron chi connectivity index (χ3n) is 3.05. The Morgan fingerprint density at radius 3 is 2.41 bits per heavy atom. The van der Waals surface area contributed by atoms with E-state index in [9.17, 15) is 14.7 Å². The normalized spacial score (nSPS) is 13.0. The second-order valence-corrected chi connectivity index (χ2v) is 6.33. The van der Waals surface area contributed by atoms with E-state index in [2.05, 4.69) is 4.98 Å². The Morgan fingerprint density at radius 2 is 2.00 bits per heavy atom. The quantitative estimate of drug-likeness (QED) is 0.903. The summed E-state index contributed by atoms with van der Waals surface area (Å²) in [6.07, 6.45) is 2.39. The van der Waals surface area contributed by atoms with Crippen LogP contribution >= 0.6 is 0 Å². The predicted octanol–water partition coefficient (Wildman–Crippen LogP) is 2.85. The van der Waals surface area contributed by atoms with Gasteiger partial charge in [-0.25, -0.2) is 14.6 Å². The zero-order chi connectivity index (χ0) is 17.1. The van der Waals surface area contributed by atoms with E-state index in [1.807, 2.05) is 13.8 Å². The minimum Gasteiger partial charge on any atom is -0.479 e. The van der Waals surface area contributed by atoms with Crippen molar-refractivity contribution in [2.75, 3.05) is 6.54 Å². The molecule has 0 fully saturated rings. The number of hydrogen-bond donors (Lipinski definition) is 1. The number of ether oxygens (including phenoxy) is 1. The number of imidazole rings is 1. The molecule has 1 N–H and O–H groups in total. The number of aromatic nitrogens is 2. The van der Waals surface area contributed by atoms with E-state index >= 15 is 0 Å². The van der Waals surface area contributed by atoms with Gasteiger partial charge in [-0.1, -0.05) is 0 Å². The van der Waals surface area contributed by atoms with E-state index < -0.39 is 23.7 Å². The van der Waals surface area contributed by atoms with Gasteiger partial charge in [-0.2, -0.15) is 0 Å². The van der Waals surface area contributed by atoms with Crippen molar-refractivity contribution in [3.8, 4) is 0 Å². The molecule has 1 amide bonds. The van der Waals surface area contributed by atoms with Crippen molar-refractivity contribution in [3.63, 3.8) is 0 Å². The third kappa shape index (κ3) is 4.22. The highest BCUT2D eigenvalue weighted by Gasteiger charge is 2.35. The lowest BCUT2D eigenvalue weighted by atomic mass is 10.1. The zero-order valence-corrected chi connectivity index (χ0v) is 14.0. The molecule has 22 heavy (non-hydrogen) atoms. The number of hydrogen-bond acceptors (Lipinski definition) is 4. The van der Waals surface area contributed by atoms with Crippen LogP contribution in [0.5, 0.6) is 0 Å². The highest BCUT2D eigenvalue weighted by molar-refractivity contribution is 5.81. The number of carbonyl (C=O) groups is 2. The maximum absolute atomic E-state index is 12.3. The van der Waals surface area contributed by atoms with E-state index in [-0.39, 0.29) is 12.6 Å². The minimum absolute atomic E-state index is 0.0386. The van der Waals surface area contributed by atoms with Crippen molar-refractivity contribution in [2.24, 2.45) is 0 Å². The number of amides is 1. The van der Waals surface area contributed by atoms with Crippen LogP contribution in [0.25, 0.3) is 0 Å².